The number of hydrogen-bond donors (Lipinski definition) is 1. The van der Waals surface area contributed by atoms with Crippen LogP contribution in [-0.2, 0) is 0 Å². The first-order valence-corrected chi connectivity index (χ1v) is 5.13. The third-order valence-electron chi connectivity index (χ3n) is 1.54. The van der Waals surface area contributed by atoms with Gasteiger partial charge in [-0.25, -0.2) is 0 Å². The number of hydrogen-bond acceptors (Lipinski definition) is 3. The van der Waals surface area contributed by atoms with Crippen LogP contribution in [0.2, 0.25) is 0 Å². The minimum absolute atomic E-state index is 1.60. The normalized spacial score (nSPS) is 8.00. The Balaban J connectivity index is 3.01. The van der Waals surface area contributed by atoms with Gasteiger partial charge >= 0.3 is 0 Å². The van der Waals surface area contributed by atoms with Crippen molar-refractivity contribution in [2.75, 3.05) is 0 Å². The van der Waals surface area contributed by atoms with Crippen molar-refractivity contribution in [3.63, 3.8) is 0 Å². The maximum Gasteiger partial charge on any atom is 0.0451 e. The van der Waals surface area contributed by atoms with Crippen LogP contribution in [0.25, 0.3) is 0 Å². The Morgan fingerprint density at radius 3 is 1.59 bits per heavy atom. The standard InChI is InChI=1S/C13H14N4/c1-2-4-6-14-8-10-16-12-13-17-11-9-15-7-5-3-1/h1-13,16H. The van der Waals surface area contributed by atoms with Crippen molar-refractivity contribution in [3.8, 4) is 0 Å². The van der Waals surface area contributed by atoms with E-state index >= 15 is 0 Å². The highest BCUT2D eigenvalue weighted by Crippen LogP contribution is 1.73. The average Bonchev–Trinajstić information content (AvgIpc) is 2.35. The van der Waals surface area contributed by atoms with Gasteiger partial charge < -0.3 is 4.98 Å². The molecule has 86 valence electrons. The van der Waals surface area contributed by atoms with Crippen LogP contribution in [0, 0.1) is 0 Å². The van der Waals surface area contributed by atoms with Crippen LogP contribution in [0.3, 0.4) is 0 Å². The van der Waals surface area contributed by atoms with Gasteiger partial charge in [-0.3, -0.25) is 15.0 Å². The fraction of sp³-hybridized carbons (Fsp3) is 0. The molecule has 0 radical (unpaired) electrons. The van der Waals surface area contributed by atoms with Crippen molar-refractivity contribution in [2.45, 2.75) is 0 Å². The van der Waals surface area contributed by atoms with E-state index in [1.54, 1.807) is 49.6 Å². The second kappa shape index (κ2) is 10.0. The lowest BCUT2D eigenvalue weighted by molar-refractivity contribution is 1.23. The van der Waals surface area contributed by atoms with Crippen molar-refractivity contribution in [1.29, 1.82) is 0 Å². The maximum absolute atomic E-state index is 4.02. The van der Waals surface area contributed by atoms with Gasteiger partial charge in [0.15, 0.2) is 0 Å². The van der Waals surface area contributed by atoms with E-state index in [0.717, 1.165) is 0 Å². The first-order chi connectivity index (χ1) is 8.50. The minimum atomic E-state index is 1.60. The van der Waals surface area contributed by atoms with E-state index in [1.807, 2.05) is 30.3 Å². The summed E-state index contributed by atoms with van der Waals surface area (Å²) >= 11 is 0. The van der Waals surface area contributed by atoms with Crippen LogP contribution in [-0.4, -0.2) is 19.9 Å². The van der Waals surface area contributed by atoms with Crippen LogP contribution in [0.15, 0.2) is 79.9 Å². The van der Waals surface area contributed by atoms with Gasteiger partial charge in [-0.05, 0) is 12.1 Å². The molecule has 1 rings (SSSR count). The van der Waals surface area contributed by atoms with Crippen molar-refractivity contribution < 1.29 is 0 Å². The summed E-state index contributed by atoms with van der Waals surface area (Å²) < 4.78 is 0. The van der Waals surface area contributed by atoms with E-state index in [-0.39, 0.29) is 0 Å². The molecule has 1 N–H and O–H groups in total. The van der Waals surface area contributed by atoms with Gasteiger partial charge in [0, 0.05) is 49.6 Å². The molecule has 1 aromatic rings. The molecule has 0 bridgehead atoms. The van der Waals surface area contributed by atoms with Gasteiger partial charge in [0.2, 0.25) is 0 Å². The lowest BCUT2D eigenvalue weighted by Crippen LogP contribution is -1.63. The van der Waals surface area contributed by atoms with E-state index in [1.165, 1.54) is 0 Å². The Bertz CT molecular complexity index is 284. The SMILES string of the molecule is c1cccnccncc[nH]ccnccc1. The summed E-state index contributed by atoms with van der Waals surface area (Å²) in [6.45, 7) is 0. The summed E-state index contributed by atoms with van der Waals surface area (Å²) in [7, 11) is 0. The fourth-order valence-corrected chi connectivity index (χ4v) is 0.845. The molecule has 0 aromatic carbocycles. The zero-order valence-corrected chi connectivity index (χ0v) is 9.35. The van der Waals surface area contributed by atoms with E-state index < -0.39 is 0 Å². The third kappa shape index (κ3) is 8.50. The summed E-state index contributed by atoms with van der Waals surface area (Å²) in [5.74, 6) is 0. The topological polar surface area (TPSA) is 54.5 Å². The number of aromatic amines is 1. The van der Waals surface area contributed by atoms with Gasteiger partial charge in [-0.15, -0.1) is 0 Å². The Hall–Kier alpha value is -2.49. The molecule has 4 nitrogen and oxygen atoms in total. The molecular formula is C13H14N4. The molecule has 1 heterocycles. The van der Waals surface area contributed by atoms with E-state index in [9.17, 15) is 0 Å². The summed E-state index contributed by atoms with van der Waals surface area (Å²) in [5.41, 5.74) is 0. The third-order valence-corrected chi connectivity index (χ3v) is 1.54. The number of nitrogens with one attached hydrogen (secondary N) is 1. The van der Waals surface area contributed by atoms with Crippen molar-refractivity contribution in [3.05, 3.63) is 79.9 Å². The van der Waals surface area contributed by atoms with Gasteiger partial charge in [0.25, 0.3) is 0 Å². The molecule has 0 fully saturated rings. The van der Waals surface area contributed by atoms with E-state index in [2.05, 4.69) is 19.9 Å². The molecule has 0 aliphatic rings. The van der Waals surface area contributed by atoms with E-state index in [4.69, 9.17) is 0 Å². The predicted octanol–water partition coefficient (Wildman–Crippen LogP) is 2.57. The van der Waals surface area contributed by atoms with Crippen LogP contribution < -0.4 is 0 Å². The Morgan fingerprint density at radius 2 is 0.941 bits per heavy atom. The molecule has 0 saturated heterocycles. The fourth-order valence-electron chi connectivity index (χ4n) is 0.845. The van der Waals surface area contributed by atoms with Gasteiger partial charge in [-0.2, -0.15) is 0 Å². The molecule has 0 aliphatic heterocycles. The summed E-state index contributed by atoms with van der Waals surface area (Å²) in [6.07, 6.45) is 13.3. The van der Waals surface area contributed by atoms with Crippen LogP contribution >= 0.6 is 0 Å². The smallest absolute Gasteiger partial charge is 0.0451 e. The molecule has 17 heavy (non-hydrogen) atoms. The minimum Gasteiger partial charge on any atom is -0.365 e. The zero-order valence-electron chi connectivity index (χ0n) is 9.35. The first kappa shape index (κ1) is 12.6. The van der Waals surface area contributed by atoms with Gasteiger partial charge in [-0.1, -0.05) is 18.2 Å². The number of rotatable bonds is 0. The maximum atomic E-state index is 4.02. The Morgan fingerprint density at radius 1 is 0.471 bits per heavy atom. The summed E-state index contributed by atoms with van der Waals surface area (Å²) in [5, 5.41) is 0. The summed E-state index contributed by atoms with van der Waals surface area (Å²) in [6, 6.07) is 9.34. The molecule has 1 aromatic heterocycles. The molecule has 0 atom stereocenters. The van der Waals surface area contributed by atoms with Crippen molar-refractivity contribution in [2.24, 2.45) is 0 Å². The molecule has 0 saturated carbocycles. The number of aromatic nitrogens is 4. The Labute approximate surface area is 100 Å². The predicted molar refractivity (Wildman–Crippen MR) is 67.1 cm³/mol. The van der Waals surface area contributed by atoms with Crippen LogP contribution in [0.1, 0.15) is 0 Å². The molecule has 4 heteroatoms. The molecule has 0 spiro atoms. The largest absolute Gasteiger partial charge is 0.365 e. The van der Waals surface area contributed by atoms with Gasteiger partial charge in [0.1, 0.15) is 0 Å². The number of H-pyrrole nitrogens is 1. The van der Waals surface area contributed by atoms with Gasteiger partial charge in [0.05, 0.1) is 0 Å². The average molecular weight is 226 g/mol. The second-order valence-corrected chi connectivity index (χ2v) is 2.80. The second-order valence-electron chi connectivity index (χ2n) is 2.80. The molecule has 0 unspecified atom stereocenters. The molecule has 0 aliphatic carbocycles. The van der Waals surface area contributed by atoms with E-state index in [0.29, 0.717) is 0 Å². The monoisotopic (exact) mass is 226 g/mol. The first-order valence-electron chi connectivity index (χ1n) is 5.13. The quantitative estimate of drug-likeness (QED) is 0.739. The highest BCUT2D eigenvalue weighted by molar-refractivity contribution is 4.90. The van der Waals surface area contributed by atoms with Crippen LogP contribution in [0.5, 0.6) is 0 Å². The number of nitrogens with zero attached hydrogens (tertiary/aromatic N) is 3. The Kier molecular flexibility index (Phi) is 7.43. The van der Waals surface area contributed by atoms with Crippen LogP contribution in [0.4, 0.5) is 0 Å². The molecular weight excluding hydrogens is 212 g/mol. The lowest BCUT2D eigenvalue weighted by atomic mass is 10.5. The highest BCUT2D eigenvalue weighted by Gasteiger charge is 1.59. The highest BCUT2D eigenvalue weighted by atomic mass is 14.7. The van der Waals surface area contributed by atoms with Crippen molar-refractivity contribution >= 4 is 0 Å². The zero-order chi connectivity index (χ0) is 12.0. The lowest BCUT2D eigenvalue weighted by Gasteiger charge is -1.69. The van der Waals surface area contributed by atoms with Crippen molar-refractivity contribution in [1.82, 2.24) is 19.9 Å². The molecule has 0 amide bonds. The summed E-state index contributed by atoms with van der Waals surface area (Å²) in [4.78, 5) is 14.9.